The van der Waals surface area contributed by atoms with Gasteiger partial charge < -0.3 is 5.11 Å². The van der Waals surface area contributed by atoms with Crippen LogP contribution in [0.5, 0.6) is 0 Å². The Labute approximate surface area is 109 Å². The molecule has 4 nitrogen and oxygen atoms in total. The zero-order valence-corrected chi connectivity index (χ0v) is 10.3. The molecule has 0 aliphatic carbocycles. The predicted molar refractivity (Wildman–Crippen MR) is 69.5 cm³/mol. The van der Waals surface area contributed by atoms with Crippen molar-refractivity contribution in [3.63, 3.8) is 0 Å². The Kier molecular flexibility index (Phi) is 5.45. The summed E-state index contributed by atoms with van der Waals surface area (Å²) in [4.78, 5) is 8.86. The standard InChI is InChI=1S/C10H7ClN2.CH2O2S/c11-10-7-6-9(12-13-10)8-4-2-1-3-5-8;2-1(3)4/h1-7H;4H,(H,2,3). The molecule has 0 fully saturated rings. The summed E-state index contributed by atoms with van der Waals surface area (Å²) in [5.74, 6) is 0. The average Bonchev–Trinajstić information content (AvgIpc) is 2.30. The van der Waals surface area contributed by atoms with Crippen molar-refractivity contribution in [2.24, 2.45) is 0 Å². The summed E-state index contributed by atoms with van der Waals surface area (Å²) < 4.78 is 0. The van der Waals surface area contributed by atoms with Gasteiger partial charge in [-0.3, -0.25) is 0 Å². The number of rotatable bonds is 1. The highest BCUT2D eigenvalue weighted by Crippen LogP contribution is 2.15. The van der Waals surface area contributed by atoms with Crippen LogP contribution in [0.15, 0.2) is 42.5 Å². The summed E-state index contributed by atoms with van der Waals surface area (Å²) >= 11 is 8.51. The highest BCUT2D eigenvalue weighted by atomic mass is 35.5. The van der Waals surface area contributed by atoms with Gasteiger partial charge in [0, 0.05) is 5.56 Å². The molecule has 1 heterocycles. The summed E-state index contributed by atoms with van der Waals surface area (Å²) in [5.41, 5.74) is 1.89. The maximum absolute atomic E-state index is 8.86. The zero-order chi connectivity index (χ0) is 12.7. The lowest BCUT2D eigenvalue weighted by Gasteiger charge is -1.97. The lowest BCUT2D eigenvalue weighted by Crippen LogP contribution is -1.86. The first kappa shape index (κ1) is 13.5. The Morgan fingerprint density at radius 1 is 1.12 bits per heavy atom. The molecule has 0 radical (unpaired) electrons. The van der Waals surface area contributed by atoms with Crippen LogP contribution in [-0.2, 0) is 0 Å². The Morgan fingerprint density at radius 3 is 2.18 bits per heavy atom. The van der Waals surface area contributed by atoms with Crippen LogP contribution in [0.3, 0.4) is 0 Å². The predicted octanol–water partition coefficient (Wildman–Crippen LogP) is 3.39. The van der Waals surface area contributed by atoms with Crippen molar-refractivity contribution >= 4 is 29.5 Å². The molecule has 88 valence electrons. The SMILES string of the molecule is Clc1ccc(-c2ccccc2)nn1.O=C(O)S. The summed E-state index contributed by atoms with van der Waals surface area (Å²) in [5, 5.41) is 14.3. The van der Waals surface area contributed by atoms with Crippen molar-refractivity contribution < 1.29 is 9.90 Å². The number of hydrogen-bond acceptors (Lipinski definition) is 3. The van der Waals surface area contributed by atoms with E-state index in [9.17, 15) is 0 Å². The molecule has 2 aromatic rings. The van der Waals surface area contributed by atoms with Crippen molar-refractivity contribution in [2.45, 2.75) is 0 Å². The van der Waals surface area contributed by atoms with E-state index in [0.29, 0.717) is 5.15 Å². The van der Waals surface area contributed by atoms with Crippen molar-refractivity contribution in [3.8, 4) is 11.3 Å². The molecule has 0 saturated carbocycles. The molecule has 0 bridgehead atoms. The molecule has 0 aliphatic rings. The van der Waals surface area contributed by atoms with Crippen LogP contribution in [0, 0.1) is 0 Å². The molecule has 0 spiro atoms. The number of hydrogen-bond donors (Lipinski definition) is 2. The highest BCUT2D eigenvalue weighted by Gasteiger charge is 1.97. The molecule has 17 heavy (non-hydrogen) atoms. The number of aromatic nitrogens is 2. The van der Waals surface area contributed by atoms with Crippen LogP contribution in [0.2, 0.25) is 5.15 Å². The minimum Gasteiger partial charge on any atom is -0.473 e. The number of nitrogens with zero attached hydrogens (tertiary/aromatic N) is 2. The maximum Gasteiger partial charge on any atom is 0.361 e. The van der Waals surface area contributed by atoms with Crippen molar-refractivity contribution in [2.75, 3.05) is 0 Å². The fraction of sp³-hybridized carbons (Fsp3) is 0. The molecule has 0 amide bonds. The zero-order valence-electron chi connectivity index (χ0n) is 8.62. The van der Waals surface area contributed by atoms with E-state index in [0.717, 1.165) is 11.3 Å². The van der Waals surface area contributed by atoms with Gasteiger partial charge >= 0.3 is 5.30 Å². The highest BCUT2D eigenvalue weighted by molar-refractivity contribution is 7.96. The topological polar surface area (TPSA) is 63.1 Å². The monoisotopic (exact) mass is 268 g/mol. The Morgan fingerprint density at radius 2 is 1.71 bits per heavy atom. The summed E-state index contributed by atoms with van der Waals surface area (Å²) in [7, 11) is 0. The Balaban J connectivity index is 0.000000317. The first-order chi connectivity index (χ1) is 8.09. The normalized spacial score (nSPS) is 9.06. The minimum atomic E-state index is -1.14. The van der Waals surface area contributed by atoms with Crippen molar-refractivity contribution in [1.29, 1.82) is 0 Å². The number of benzene rings is 1. The van der Waals surface area contributed by atoms with E-state index in [4.69, 9.17) is 21.5 Å². The number of carbonyl (C=O) groups is 1. The van der Waals surface area contributed by atoms with Crippen LogP contribution in [0.25, 0.3) is 11.3 Å². The second kappa shape index (κ2) is 6.88. The van der Waals surface area contributed by atoms with Crippen LogP contribution in [0.4, 0.5) is 4.79 Å². The molecule has 0 atom stereocenters. The van der Waals surface area contributed by atoms with Crippen LogP contribution in [0.1, 0.15) is 0 Å². The third-order valence-corrected chi connectivity index (χ3v) is 1.90. The second-order valence-electron chi connectivity index (χ2n) is 2.89. The van der Waals surface area contributed by atoms with Gasteiger partial charge in [0.25, 0.3) is 0 Å². The van der Waals surface area contributed by atoms with E-state index >= 15 is 0 Å². The second-order valence-corrected chi connectivity index (χ2v) is 3.66. The third-order valence-electron chi connectivity index (χ3n) is 1.70. The summed E-state index contributed by atoms with van der Waals surface area (Å²) in [6.45, 7) is 0. The quantitative estimate of drug-likeness (QED) is 0.778. The molecular weight excluding hydrogens is 260 g/mol. The van der Waals surface area contributed by atoms with E-state index < -0.39 is 5.30 Å². The Bertz CT molecular complexity index is 473. The maximum atomic E-state index is 8.86. The number of carboxylic acid groups (broad SMARTS) is 1. The van der Waals surface area contributed by atoms with Gasteiger partial charge in [-0.15, -0.1) is 10.2 Å². The van der Waals surface area contributed by atoms with E-state index in [1.54, 1.807) is 6.07 Å². The van der Waals surface area contributed by atoms with E-state index in [-0.39, 0.29) is 0 Å². The minimum absolute atomic E-state index is 0.416. The summed E-state index contributed by atoms with van der Waals surface area (Å²) in [6, 6.07) is 13.4. The molecule has 0 saturated heterocycles. The van der Waals surface area contributed by atoms with Crippen LogP contribution in [-0.4, -0.2) is 20.6 Å². The molecule has 1 aromatic heterocycles. The van der Waals surface area contributed by atoms with Gasteiger partial charge in [0.2, 0.25) is 0 Å². The van der Waals surface area contributed by atoms with Crippen LogP contribution >= 0.6 is 24.2 Å². The lowest BCUT2D eigenvalue weighted by atomic mass is 10.1. The molecule has 0 aliphatic heterocycles. The van der Waals surface area contributed by atoms with Crippen LogP contribution < -0.4 is 0 Å². The molecule has 0 unspecified atom stereocenters. The fourth-order valence-electron chi connectivity index (χ4n) is 1.08. The van der Waals surface area contributed by atoms with E-state index in [1.165, 1.54) is 0 Å². The fourth-order valence-corrected chi connectivity index (χ4v) is 1.18. The Hall–Kier alpha value is -1.59. The largest absolute Gasteiger partial charge is 0.473 e. The van der Waals surface area contributed by atoms with Crippen molar-refractivity contribution in [1.82, 2.24) is 10.2 Å². The average molecular weight is 269 g/mol. The number of halogens is 1. The third kappa shape index (κ3) is 5.33. The van der Waals surface area contributed by atoms with Gasteiger partial charge in [0.15, 0.2) is 5.15 Å². The van der Waals surface area contributed by atoms with Gasteiger partial charge in [-0.25, -0.2) is 4.79 Å². The molecule has 6 heteroatoms. The molecule has 2 rings (SSSR count). The smallest absolute Gasteiger partial charge is 0.361 e. The summed E-state index contributed by atoms with van der Waals surface area (Å²) in [6.07, 6.45) is 0. The van der Waals surface area contributed by atoms with E-state index in [1.807, 2.05) is 36.4 Å². The molecule has 1 N–H and O–H groups in total. The molecular formula is C11H9ClN2O2S. The van der Waals surface area contributed by atoms with Gasteiger partial charge in [0.05, 0.1) is 5.69 Å². The van der Waals surface area contributed by atoms with Gasteiger partial charge in [0.1, 0.15) is 0 Å². The van der Waals surface area contributed by atoms with Gasteiger partial charge in [-0.1, -0.05) is 54.6 Å². The first-order valence-corrected chi connectivity index (χ1v) is 5.38. The molecule has 1 aromatic carbocycles. The lowest BCUT2D eigenvalue weighted by molar-refractivity contribution is 0.222. The number of thiol groups is 1. The first-order valence-electron chi connectivity index (χ1n) is 4.56. The van der Waals surface area contributed by atoms with Gasteiger partial charge in [-0.05, 0) is 12.1 Å². The van der Waals surface area contributed by atoms with Gasteiger partial charge in [-0.2, -0.15) is 0 Å². The van der Waals surface area contributed by atoms with Crippen molar-refractivity contribution in [3.05, 3.63) is 47.6 Å². The van der Waals surface area contributed by atoms with E-state index in [2.05, 4.69) is 22.8 Å².